The van der Waals surface area contributed by atoms with Crippen molar-refractivity contribution in [2.45, 2.75) is 18.7 Å². The smallest absolute Gasteiger partial charge is 0.266 e. The van der Waals surface area contributed by atoms with E-state index in [0.29, 0.717) is 18.4 Å². The van der Waals surface area contributed by atoms with Crippen molar-refractivity contribution in [1.82, 2.24) is 10.3 Å². The van der Waals surface area contributed by atoms with Crippen LogP contribution in [0.15, 0.2) is 32.9 Å². The van der Waals surface area contributed by atoms with Crippen molar-refractivity contribution in [3.05, 3.63) is 42.8 Å². The van der Waals surface area contributed by atoms with Gasteiger partial charge in [0.05, 0.1) is 15.2 Å². The van der Waals surface area contributed by atoms with E-state index in [1.807, 2.05) is 32.1 Å². The topological polar surface area (TPSA) is 92.4 Å². The van der Waals surface area contributed by atoms with Crippen LogP contribution in [0.4, 0.5) is 5.69 Å². The van der Waals surface area contributed by atoms with Gasteiger partial charge in [0.25, 0.3) is 11.5 Å². The lowest BCUT2D eigenvalue weighted by molar-refractivity contribution is -0.113. The van der Waals surface area contributed by atoms with Gasteiger partial charge in [0.2, 0.25) is 6.79 Å². The molecule has 0 radical (unpaired) electrons. The second-order valence-electron chi connectivity index (χ2n) is 6.93. The van der Waals surface area contributed by atoms with Crippen molar-refractivity contribution < 1.29 is 14.3 Å². The maximum atomic E-state index is 12.7. The van der Waals surface area contributed by atoms with E-state index in [2.05, 4.69) is 15.6 Å². The molecule has 2 aromatic rings. The molecule has 0 atom stereocenters. The van der Waals surface area contributed by atoms with Gasteiger partial charge in [-0.2, -0.15) is 0 Å². The molecule has 1 aromatic carbocycles. The van der Waals surface area contributed by atoms with Gasteiger partial charge in [0.15, 0.2) is 11.5 Å². The zero-order valence-corrected chi connectivity index (χ0v) is 19.0. The molecule has 1 aromatic heterocycles. The number of hydrogen-bond donors (Lipinski definition) is 3. The van der Waals surface area contributed by atoms with Crippen molar-refractivity contribution in [3.63, 3.8) is 0 Å². The van der Waals surface area contributed by atoms with Crippen molar-refractivity contribution in [2.24, 2.45) is 5.92 Å². The third-order valence-electron chi connectivity index (χ3n) is 4.58. The van der Waals surface area contributed by atoms with Crippen LogP contribution in [0.1, 0.15) is 13.8 Å². The van der Waals surface area contributed by atoms with E-state index in [4.69, 9.17) is 21.7 Å². The molecule has 11 heteroatoms. The Morgan fingerprint density at radius 1 is 1.17 bits per heavy atom. The predicted molar refractivity (Wildman–Crippen MR) is 124 cm³/mol. The number of aromatic amines is 1. The lowest BCUT2D eigenvalue weighted by Crippen LogP contribution is -2.24. The third kappa shape index (κ3) is 3.45. The fourth-order valence-electron chi connectivity index (χ4n) is 3.17. The number of anilines is 1. The second-order valence-corrected chi connectivity index (χ2v) is 10.7. The maximum absolute atomic E-state index is 12.7. The zero-order chi connectivity index (χ0) is 21.0. The molecule has 0 bridgehead atoms. The Kier molecular flexibility index (Phi) is 4.92. The van der Waals surface area contributed by atoms with Crippen LogP contribution < -0.4 is 34.9 Å². The van der Waals surface area contributed by atoms with E-state index < -0.39 is 0 Å². The summed E-state index contributed by atoms with van der Waals surface area (Å²) in [7, 11) is 0. The first-order chi connectivity index (χ1) is 14.4. The molecule has 7 nitrogen and oxygen atoms in total. The summed E-state index contributed by atoms with van der Waals surface area (Å²) in [5.74, 6) is 1.28. The minimum absolute atomic E-state index is 0.101. The number of thiocarbonyl (C=S) groups is 1. The number of fused-ring (bicyclic) bond motifs is 2. The van der Waals surface area contributed by atoms with Crippen LogP contribution in [0.2, 0.25) is 0 Å². The van der Waals surface area contributed by atoms with Crippen LogP contribution in [0, 0.1) is 5.92 Å². The summed E-state index contributed by atoms with van der Waals surface area (Å²) in [6.07, 6.45) is 1.99. The summed E-state index contributed by atoms with van der Waals surface area (Å²) < 4.78 is 12.4. The number of nitrogens with one attached hydrogen (secondary N) is 3. The number of allylic oxidation sites excluding steroid dienone is 1. The van der Waals surface area contributed by atoms with E-state index >= 15 is 0 Å². The normalized spacial score (nSPS) is 21.2. The lowest BCUT2D eigenvalue weighted by atomic mass is 10.0. The van der Waals surface area contributed by atoms with E-state index in [1.54, 1.807) is 11.8 Å². The fourth-order valence-corrected chi connectivity index (χ4v) is 6.44. The van der Waals surface area contributed by atoms with Crippen LogP contribution in [0.25, 0.3) is 10.5 Å². The Labute approximate surface area is 188 Å². The molecule has 0 unspecified atom stereocenters. The minimum Gasteiger partial charge on any atom is -0.454 e. The molecule has 3 aliphatic rings. The molecule has 154 valence electrons. The summed E-state index contributed by atoms with van der Waals surface area (Å²) in [5, 5.41) is 6.88. The van der Waals surface area contributed by atoms with Gasteiger partial charge >= 0.3 is 0 Å². The lowest BCUT2D eigenvalue weighted by Gasteiger charge is -2.06. The number of H-pyrrole nitrogens is 1. The maximum Gasteiger partial charge on any atom is 0.266 e. The van der Waals surface area contributed by atoms with E-state index in [-0.39, 0.29) is 24.2 Å². The monoisotopic (exact) mass is 477 g/mol. The van der Waals surface area contributed by atoms with Gasteiger partial charge in [-0.3, -0.25) is 9.59 Å². The highest BCUT2D eigenvalue weighted by atomic mass is 32.2. The minimum atomic E-state index is -0.278. The van der Waals surface area contributed by atoms with E-state index in [1.165, 1.54) is 23.1 Å². The standard InChI is InChI=1S/C19H15N3O4S4/c1-7(2)8(14-16(23)21-18(29-14)15-17(24)22-19(27)30-15)3-13-20-9-4-10-11(26-6-25-10)5-12(9)28-13/h3-5,7,20H,6H2,1-2H3,(H,21,23)(H,22,24,27)/b13-3-,14-8-,18-15-. The number of carbonyl (C=O) groups is 1. The average Bonchev–Trinajstić information content (AvgIpc) is 3.43. The Morgan fingerprint density at radius 3 is 2.63 bits per heavy atom. The second kappa shape index (κ2) is 7.49. The van der Waals surface area contributed by atoms with Crippen LogP contribution >= 0.6 is 47.1 Å². The summed E-state index contributed by atoms with van der Waals surface area (Å²) in [4.78, 5) is 29.1. The van der Waals surface area contributed by atoms with Crippen molar-refractivity contribution in [1.29, 1.82) is 0 Å². The van der Waals surface area contributed by atoms with Gasteiger partial charge in [-0.1, -0.05) is 49.6 Å². The molecule has 30 heavy (non-hydrogen) atoms. The molecule has 4 heterocycles. The van der Waals surface area contributed by atoms with Crippen LogP contribution in [0.5, 0.6) is 11.5 Å². The van der Waals surface area contributed by atoms with Crippen molar-refractivity contribution >= 4 is 73.5 Å². The number of thioether (sulfide) groups is 2. The van der Waals surface area contributed by atoms with Gasteiger partial charge in [-0.05, 0) is 17.6 Å². The van der Waals surface area contributed by atoms with Gasteiger partial charge in [0, 0.05) is 17.0 Å². The SMILES string of the molecule is CC(C)C(/C=C1/Nc2cc3c(cc2S1)OCO3)=c1\s/c(=C2\SC(=S)NC2=O)[nH]c1=O. The molecular formula is C19H15N3O4S4. The van der Waals surface area contributed by atoms with E-state index in [0.717, 1.165) is 32.7 Å². The molecule has 3 aliphatic heterocycles. The summed E-state index contributed by atoms with van der Waals surface area (Å²) in [5.41, 5.74) is 1.62. The largest absolute Gasteiger partial charge is 0.454 e. The van der Waals surface area contributed by atoms with Crippen molar-refractivity contribution in [3.8, 4) is 11.5 Å². The number of thiazole rings is 1. The Hall–Kier alpha value is -2.21. The number of ether oxygens (including phenoxy) is 2. The number of hydrogen-bond acceptors (Lipinski definition) is 9. The first kappa shape index (κ1) is 19.7. The van der Waals surface area contributed by atoms with Gasteiger partial charge in [0.1, 0.15) is 13.9 Å². The Balaban J connectivity index is 1.58. The molecule has 1 saturated heterocycles. The van der Waals surface area contributed by atoms with Gasteiger partial charge < -0.3 is 25.1 Å². The number of amides is 1. The third-order valence-corrected chi connectivity index (χ3v) is 8.08. The molecular weight excluding hydrogens is 462 g/mol. The molecule has 5 rings (SSSR count). The average molecular weight is 478 g/mol. The highest BCUT2D eigenvalue weighted by molar-refractivity contribution is 8.30. The van der Waals surface area contributed by atoms with Crippen molar-refractivity contribution in [2.75, 3.05) is 12.1 Å². The highest BCUT2D eigenvalue weighted by Crippen LogP contribution is 2.48. The first-order valence-electron chi connectivity index (χ1n) is 9.00. The highest BCUT2D eigenvalue weighted by Gasteiger charge is 2.25. The Morgan fingerprint density at radius 2 is 1.93 bits per heavy atom. The first-order valence-corrected chi connectivity index (χ1v) is 11.9. The fraction of sp³-hybridized carbons (Fsp3) is 0.211. The number of aromatic nitrogens is 1. The molecule has 3 N–H and O–H groups in total. The molecule has 1 amide bonds. The van der Waals surface area contributed by atoms with Gasteiger partial charge in [-0.25, -0.2) is 0 Å². The van der Waals surface area contributed by atoms with Crippen LogP contribution in [-0.4, -0.2) is 22.0 Å². The summed E-state index contributed by atoms with van der Waals surface area (Å²) in [6, 6.07) is 3.88. The molecule has 0 saturated carbocycles. The quantitative estimate of drug-likeness (QED) is 0.568. The number of benzene rings is 1. The predicted octanol–water partition coefficient (Wildman–Crippen LogP) is 2.29. The van der Waals surface area contributed by atoms with Crippen LogP contribution in [0.3, 0.4) is 0 Å². The van der Waals surface area contributed by atoms with E-state index in [9.17, 15) is 9.59 Å². The zero-order valence-electron chi connectivity index (χ0n) is 15.8. The number of carbonyl (C=O) groups excluding carboxylic acids is 1. The van der Waals surface area contributed by atoms with Gasteiger partial charge in [-0.15, -0.1) is 11.3 Å². The summed E-state index contributed by atoms with van der Waals surface area (Å²) >= 11 is 9.07. The molecule has 1 fully saturated rings. The summed E-state index contributed by atoms with van der Waals surface area (Å²) in [6.45, 7) is 4.31. The molecule has 0 aliphatic carbocycles. The Bertz CT molecular complexity index is 1290. The van der Waals surface area contributed by atoms with Crippen LogP contribution in [-0.2, 0) is 4.79 Å². The molecule has 0 spiro atoms. The number of rotatable bonds is 2.